The molecular weight excluding hydrogens is 222 g/mol. The van der Waals surface area contributed by atoms with E-state index in [0.29, 0.717) is 5.78 Å². The lowest BCUT2D eigenvalue weighted by Gasteiger charge is -2.28. The van der Waals surface area contributed by atoms with Crippen LogP contribution in [0.5, 0.6) is 0 Å². The third-order valence-corrected chi connectivity index (χ3v) is 4.88. The Bertz CT molecular complexity index is 248. The summed E-state index contributed by atoms with van der Waals surface area (Å²) in [6, 6.07) is 0. The van der Waals surface area contributed by atoms with E-state index in [1.54, 1.807) is 0 Å². The first kappa shape index (κ1) is 14.0. The van der Waals surface area contributed by atoms with Crippen molar-refractivity contribution in [1.29, 1.82) is 0 Å². The summed E-state index contributed by atoms with van der Waals surface area (Å²) < 4.78 is 0. The van der Waals surface area contributed by atoms with Gasteiger partial charge in [-0.2, -0.15) is 0 Å². The summed E-state index contributed by atoms with van der Waals surface area (Å²) in [5, 5.41) is 0. The molecule has 18 heavy (non-hydrogen) atoms. The van der Waals surface area contributed by atoms with E-state index >= 15 is 0 Å². The molecule has 0 heterocycles. The molecule has 0 N–H and O–H groups in total. The number of ketones is 1. The smallest absolute Gasteiger partial charge is 0.132 e. The number of hydrogen-bond acceptors (Lipinski definition) is 2. The summed E-state index contributed by atoms with van der Waals surface area (Å²) in [6.45, 7) is 2.47. The van der Waals surface area contributed by atoms with Crippen LogP contribution in [-0.4, -0.2) is 30.8 Å². The predicted octanol–water partition coefficient (Wildman–Crippen LogP) is 3.65. The molecule has 0 amide bonds. The Kier molecular flexibility index (Phi) is 5.68. The van der Waals surface area contributed by atoms with Crippen molar-refractivity contribution in [3.8, 4) is 0 Å². The van der Waals surface area contributed by atoms with Crippen LogP contribution >= 0.6 is 0 Å². The molecule has 104 valence electrons. The first-order valence-electron chi connectivity index (χ1n) is 7.94. The van der Waals surface area contributed by atoms with Crippen molar-refractivity contribution < 1.29 is 4.79 Å². The van der Waals surface area contributed by atoms with Crippen molar-refractivity contribution in [2.45, 2.75) is 64.2 Å². The van der Waals surface area contributed by atoms with Gasteiger partial charge in [-0.05, 0) is 44.7 Å². The molecule has 0 aromatic rings. The van der Waals surface area contributed by atoms with Gasteiger partial charge < -0.3 is 4.90 Å². The number of rotatable bonds is 5. The van der Waals surface area contributed by atoms with E-state index < -0.39 is 0 Å². The average Bonchev–Trinajstić information content (AvgIpc) is 2.40. The molecule has 2 aliphatic carbocycles. The standard InChI is InChI=1S/C16H29NO/c1-17(12-11-14-5-3-2-4-6-14)13-15-7-9-16(18)10-8-15/h14-15H,2-13H2,1H3. The highest BCUT2D eigenvalue weighted by molar-refractivity contribution is 5.79. The molecule has 0 unspecified atom stereocenters. The van der Waals surface area contributed by atoms with Crippen LogP contribution in [-0.2, 0) is 4.79 Å². The summed E-state index contributed by atoms with van der Waals surface area (Å²) in [7, 11) is 2.26. The molecule has 0 saturated heterocycles. The van der Waals surface area contributed by atoms with Crippen molar-refractivity contribution in [2.75, 3.05) is 20.1 Å². The summed E-state index contributed by atoms with van der Waals surface area (Å²) in [4.78, 5) is 13.7. The minimum Gasteiger partial charge on any atom is -0.306 e. The van der Waals surface area contributed by atoms with Crippen LogP contribution in [0.2, 0.25) is 0 Å². The number of hydrogen-bond donors (Lipinski definition) is 0. The zero-order chi connectivity index (χ0) is 12.8. The fourth-order valence-corrected chi connectivity index (χ4v) is 3.59. The van der Waals surface area contributed by atoms with Crippen LogP contribution in [0.25, 0.3) is 0 Å². The van der Waals surface area contributed by atoms with Gasteiger partial charge in [-0.25, -0.2) is 0 Å². The van der Waals surface area contributed by atoms with Gasteiger partial charge in [0, 0.05) is 19.4 Å². The first-order chi connectivity index (χ1) is 8.74. The molecule has 2 rings (SSSR count). The Morgan fingerprint density at radius 1 is 1.00 bits per heavy atom. The normalized spacial score (nSPS) is 23.8. The molecule has 2 fully saturated rings. The molecule has 2 heteroatoms. The second-order valence-corrected chi connectivity index (χ2v) is 6.54. The van der Waals surface area contributed by atoms with Gasteiger partial charge in [0.15, 0.2) is 0 Å². The van der Waals surface area contributed by atoms with Gasteiger partial charge in [0.2, 0.25) is 0 Å². The molecule has 0 aromatic heterocycles. The summed E-state index contributed by atoms with van der Waals surface area (Å²) in [5.41, 5.74) is 0. The van der Waals surface area contributed by atoms with Gasteiger partial charge in [-0.1, -0.05) is 32.1 Å². The van der Waals surface area contributed by atoms with Crippen molar-refractivity contribution in [3.63, 3.8) is 0 Å². The fraction of sp³-hybridized carbons (Fsp3) is 0.938. The van der Waals surface area contributed by atoms with Crippen LogP contribution in [0.4, 0.5) is 0 Å². The highest BCUT2D eigenvalue weighted by Crippen LogP contribution is 2.27. The van der Waals surface area contributed by atoms with Gasteiger partial charge in [0.05, 0.1) is 0 Å². The van der Waals surface area contributed by atoms with Crippen molar-refractivity contribution in [2.24, 2.45) is 11.8 Å². The molecular formula is C16H29NO. The number of Topliss-reactive ketones (excluding diaryl/α,β-unsaturated/α-hetero) is 1. The molecule has 0 aromatic carbocycles. The third kappa shape index (κ3) is 4.72. The second-order valence-electron chi connectivity index (χ2n) is 6.54. The highest BCUT2D eigenvalue weighted by atomic mass is 16.1. The molecule has 0 radical (unpaired) electrons. The molecule has 0 spiro atoms. The Balaban J connectivity index is 1.59. The zero-order valence-corrected chi connectivity index (χ0v) is 12.0. The van der Waals surface area contributed by atoms with E-state index in [1.807, 2.05) is 0 Å². The van der Waals surface area contributed by atoms with Crippen molar-refractivity contribution >= 4 is 5.78 Å². The average molecular weight is 251 g/mol. The van der Waals surface area contributed by atoms with Gasteiger partial charge in [-0.15, -0.1) is 0 Å². The predicted molar refractivity (Wildman–Crippen MR) is 75.7 cm³/mol. The lowest BCUT2D eigenvalue weighted by atomic mass is 9.86. The van der Waals surface area contributed by atoms with Crippen LogP contribution in [0, 0.1) is 11.8 Å². The maximum Gasteiger partial charge on any atom is 0.132 e. The quantitative estimate of drug-likeness (QED) is 0.743. The van der Waals surface area contributed by atoms with E-state index in [1.165, 1.54) is 51.6 Å². The lowest BCUT2D eigenvalue weighted by molar-refractivity contribution is -0.121. The Hall–Kier alpha value is -0.370. The minimum atomic E-state index is 0.483. The topological polar surface area (TPSA) is 20.3 Å². The number of carbonyl (C=O) groups is 1. The Labute approximate surface area is 112 Å². The van der Waals surface area contributed by atoms with Gasteiger partial charge in [0.25, 0.3) is 0 Å². The fourth-order valence-electron chi connectivity index (χ4n) is 3.59. The van der Waals surface area contributed by atoms with E-state index in [-0.39, 0.29) is 0 Å². The van der Waals surface area contributed by atoms with Gasteiger partial charge in [-0.3, -0.25) is 4.79 Å². The molecule has 0 aliphatic heterocycles. The SMILES string of the molecule is CN(CCC1CCCCC1)CC1CCC(=O)CC1. The maximum absolute atomic E-state index is 11.2. The minimum absolute atomic E-state index is 0.483. The molecule has 2 aliphatic rings. The summed E-state index contributed by atoms with van der Waals surface area (Å²) >= 11 is 0. The van der Waals surface area contributed by atoms with Crippen LogP contribution in [0.3, 0.4) is 0 Å². The largest absolute Gasteiger partial charge is 0.306 e. The molecule has 2 nitrogen and oxygen atoms in total. The van der Waals surface area contributed by atoms with E-state index in [2.05, 4.69) is 11.9 Å². The van der Waals surface area contributed by atoms with Crippen molar-refractivity contribution in [3.05, 3.63) is 0 Å². The molecule has 2 saturated carbocycles. The third-order valence-electron chi connectivity index (χ3n) is 4.88. The lowest BCUT2D eigenvalue weighted by Crippen LogP contribution is -2.30. The van der Waals surface area contributed by atoms with E-state index in [0.717, 1.165) is 37.5 Å². The highest BCUT2D eigenvalue weighted by Gasteiger charge is 2.20. The van der Waals surface area contributed by atoms with Crippen LogP contribution in [0.15, 0.2) is 0 Å². The second kappa shape index (κ2) is 7.28. The Morgan fingerprint density at radius 2 is 1.67 bits per heavy atom. The summed E-state index contributed by atoms with van der Waals surface area (Å²) in [5.74, 6) is 2.25. The van der Waals surface area contributed by atoms with E-state index in [9.17, 15) is 4.79 Å². The van der Waals surface area contributed by atoms with Gasteiger partial charge >= 0.3 is 0 Å². The molecule has 0 bridgehead atoms. The van der Waals surface area contributed by atoms with E-state index in [4.69, 9.17) is 0 Å². The van der Waals surface area contributed by atoms with Crippen LogP contribution in [0.1, 0.15) is 64.2 Å². The monoisotopic (exact) mass is 251 g/mol. The zero-order valence-electron chi connectivity index (χ0n) is 12.0. The van der Waals surface area contributed by atoms with Gasteiger partial charge in [0.1, 0.15) is 5.78 Å². The summed E-state index contributed by atoms with van der Waals surface area (Å²) in [6.07, 6.45) is 12.6. The first-order valence-corrected chi connectivity index (χ1v) is 7.94. The van der Waals surface area contributed by atoms with Crippen molar-refractivity contribution in [1.82, 2.24) is 4.90 Å². The number of nitrogens with zero attached hydrogens (tertiary/aromatic N) is 1. The Morgan fingerprint density at radius 3 is 2.33 bits per heavy atom. The molecule has 0 atom stereocenters. The number of carbonyl (C=O) groups excluding carboxylic acids is 1. The maximum atomic E-state index is 11.2. The van der Waals surface area contributed by atoms with Crippen LogP contribution < -0.4 is 0 Å².